The van der Waals surface area contributed by atoms with Crippen LogP contribution in [0.3, 0.4) is 0 Å². The van der Waals surface area contributed by atoms with Crippen molar-refractivity contribution >= 4 is 49.2 Å². The molecule has 0 amide bonds. The summed E-state index contributed by atoms with van der Waals surface area (Å²) in [4.78, 5) is 9.92. The van der Waals surface area contributed by atoms with Gasteiger partial charge in [0.1, 0.15) is 5.82 Å². The van der Waals surface area contributed by atoms with Crippen molar-refractivity contribution in [2.45, 2.75) is 43.9 Å². The molecule has 1 saturated carbocycles. The van der Waals surface area contributed by atoms with E-state index in [2.05, 4.69) is 46.5 Å². The number of aromatic nitrogens is 2. The average molecular weight is 580 g/mol. The Balaban J connectivity index is 1.03. The summed E-state index contributed by atoms with van der Waals surface area (Å²) in [7, 11) is -3.54. The van der Waals surface area contributed by atoms with Gasteiger partial charge in [-0.1, -0.05) is 61.5 Å². The van der Waals surface area contributed by atoms with Crippen LogP contribution < -0.4 is 15.4 Å². The first kappa shape index (κ1) is 28.1. The van der Waals surface area contributed by atoms with E-state index < -0.39 is 10.0 Å². The molecule has 0 atom stereocenters. The molecular formula is C34H37N5O2S. The molecule has 0 unspecified atom stereocenters. The molecule has 3 N–H and O–H groups in total. The Hall–Kier alpha value is -4.01. The molecule has 1 heterocycles. The van der Waals surface area contributed by atoms with Crippen LogP contribution in [0.5, 0.6) is 0 Å². The number of fused-ring (bicyclic) bond motifs is 2. The summed E-state index contributed by atoms with van der Waals surface area (Å²) in [5.74, 6) is 2.23. The molecule has 0 bridgehead atoms. The van der Waals surface area contributed by atoms with Crippen LogP contribution in [0, 0.1) is 11.8 Å². The lowest BCUT2D eigenvalue weighted by Crippen LogP contribution is -2.32. The summed E-state index contributed by atoms with van der Waals surface area (Å²) in [5, 5.41) is 9.91. The molecule has 42 heavy (non-hydrogen) atoms. The number of nitrogens with zero attached hydrogens (tertiary/aromatic N) is 2. The van der Waals surface area contributed by atoms with Crippen molar-refractivity contribution in [3.05, 3.63) is 96.6 Å². The van der Waals surface area contributed by atoms with Crippen molar-refractivity contribution in [2.75, 3.05) is 23.7 Å². The van der Waals surface area contributed by atoms with E-state index in [0.717, 1.165) is 71.8 Å². The highest BCUT2D eigenvalue weighted by Gasteiger charge is 2.24. The molecule has 7 nitrogen and oxygen atoms in total. The van der Waals surface area contributed by atoms with Crippen LogP contribution in [-0.2, 0) is 16.4 Å². The van der Waals surface area contributed by atoms with Gasteiger partial charge in [0.2, 0.25) is 16.0 Å². The minimum absolute atomic E-state index is 0.321. The van der Waals surface area contributed by atoms with Crippen molar-refractivity contribution in [1.29, 1.82) is 0 Å². The van der Waals surface area contributed by atoms with Gasteiger partial charge in [-0.15, -0.1) is 0 Å². The van der Waals surface area contributed by atoms with E-state index in [4.69, 9.17) is 9.97 Å². The van der Waals surface area contributed by atoms with Crippen LogP contribution in [0.2, 0.25) is 0 Å². The van der Waals surface area contributed by atoms with Crippen LogP contribution in [0.1, 0.15) is 38.2 Å². The second-order valence-electron chi connectivity index (χ2n) is 11.2. The van der Waals surface area contributed by atoms with Crippen LogP contribution in [-0.4, -0.2) is 31.5 Å². The molecule has 1 aliphatic rings. The summed E-state index contributed by atoms with van der Waals surface area (Å²) in [6, 6.07) is 29.6. The topological polar surface area (TPSA) is 96.0 Å². The van der Waals surface area contributed by atoms with Crippen LogP contribution in [0.4, 0.5) is 17.5 Å². The quantitative estimate of drug-likeness (QED) is 0.161. The molecule has 6 rings (SSSR count). The Morgan fingerprint density at radius 1 is 0.762 bits per heavy atom. The maximum atomic E-state index is 13.0. The first-order valence-electron chi connectivity index (χ1n) is 14.8. The number of nitrogens with one attached hydrogen (secondary N) is 3. The van der Waals surface area contributed by atoms with Crippen molar-refractivity contribution in [2.24, 2.45) is 11.8 Å². The number of anilines is 3. The van der Waals surface area contributed by atoms with E-state index in [0.29, 0.717) is 29.2 Å². The Morgan fingerprint density at radius 2 is 1.45 bits per heavy atom. The fourth-order valence-electron chi connectivity index (χ4n) is 5.73. The highest BCUT2D eigenvalue weighted by molar-refractivity contribution is 7.89. The predicted octanol–water partition coefficient (Wildman–Crippen LogP) is 7.29. The molecule has 8 heteroatoms. The number of benzene rings is 4. The van der Waals surface area contributed by atoms with E-state index in [1.807, 2.05) is 54.6 Å². The van der Waals surface area contributed by atoms with Crippen molar-refractivity contribution in [1.82, 2.24) is 14.7 Å². The van der Waals surface area contributed by atoms with Gasteiger partial charge < -0.3 is 10.6 Å². The van der Waals surface area contributed by atoms with Gasteiger partial charge in [0.05, 0.1) is 10.4 Å². The fraction of sp³-hybridized carbons (Fsp3) is 0.294. The van der Waals surface area contributed by atoms with Gasteiger partial charge in [-0.05, 0) is 96.7 Å². The molecule has 1 aromatic heterocycles. The lowest BCUT2D eigenvalue weighted by atomic mass is 9.82. The van der Waals surface area contributed by atoms with Gasteiger partial charge in [0.15, 0.2) is 0 Å². The third-order valence-electron chi connectivity index (χ3n) is 8.34. The molecule has 4 aromatic carbocycles. The molecule has 0 spiro atoms. The van der Waals surface area contributed by atoms with Gasteiger partial charge >= 0.3 is 0 Å². The zero-order chi connectivity index (χ0) is 28.9. The summed E-state index contributed by atoms with van der Waals surface area (Å²) < 4.78 is 28.8. The fourth-order valence-corrected chi connectivity index (χ4v) is 6.88. The average Bonchev–Trinajstić information content (AvgIpc) is 3.03. The smallest absolute Gasteiger partial charge is 0.240 e. The van der Waals surface area contributed by atoms with Gasteiger partial charge in [0.25, 0.3) is 0 Å². The molecule has 0 radical (unpaired) electrons. The number of hydrogen-bond donors (Lipinski definition) is 3. The highest BCUT2D eigenvalue weighted by Crippen LogP contribution is 2.30. The van der Waals surface area contributed by atoms with Crippen LogP contribution in [0.25, 0.3) is 21.7 Å². The number of aryl methyl sites for hydroxylation is 1. The van der Waals surface area contributed by atoms with Gasteiger partial charge in [0, 0.05) is 24.2 Å². The summed E-state index contributed by atoms with van der Waals surface area (Å²) in [5.41, 5.74) is 3.19. The third kappa shape index (κ3) is 6.55. The maximum absolute atomic E-state index is 13.0. The monoisotopic (exact) mass is 579 g/mol. The van der Waals surface area contributed by atoms with Crippen LogP contribution >= 0.6 is 0 Å². The maximum Gasteiger partial charge on any atom is 0.240 e. The number of para-hydroxylation sites is 1. The molecular weight excluding hydrogens is 542 g/mol. The molecule has 1 aliphatic carbocycles. The molecule has 216 valence electrons. The largest absolute Gasteiger partial charge is 0.354 e. The van der Waals surface area contributed by atoms with E-state index in [-0.39, 0.29) is 0 Å². The molecule has 1 fully saturated rings. The van der Waals surface area contributed by atoms with E-state index >= 15 is 0 Å². The first-order chi connectivity index (χ1) is 20.5. The van der Waals surface area contributed by atoms with E-state index in [1.165, 1.54) is 5.56 Å². The Kier molecular flexibility index (Phi) is 8.35. The third-order valence-corrected chi connectivity index (χ3v) is 9.76. The van der Waals surface area contributed by atoms with Gasteiger partial charge in [-0.3, -0.25) is 0 Å². The van der Waals surface area contributed by atoms with Crippen molar-refractivity contribution in [3.8, 4) is 0 Å². The second-order valence-corrected chi connectivity index (χ2v) is 13.0. The lowest BCUT2D eigenvalue weighted by Gasteiger charge is -2.28. The number of hydrogen-bond acceptors (Lipinski definition) is 6. The molecule has 5 aromatic rings. The zero-order valence-electron chi connectivity index (χ0n) is 23.9. The Labute approximate surface area is 247 Å². The van der Waals surface area contributed by atoms with E-state index in [1.54, 1.807) is 12.1 Å². The summed E-state index contributed by atoms with van der Waals surface area (Å²) in [6.07, 6.45) is 5.07. The SMILES string of the molecule is CCc1ccc(Nc2nc(NC[C@H]3CC[C@H](CNS(=O)(=O)c4ccc5ccccc5c4)CC3)nc3ccccc23)cc1. The Bertz CT molecular complexity index is 1780. The standard InChI is InChI=1S/C34H37N5O2S/c1-2-24-15-18-29(19-16-24)37-33-31-9-5-6-10-32(31)38-34(39-33)35-22-25-11-13-26(14-12-25)23-36-42(40,41)30-20-17-27-7-3-4-8-28(27)21-30/h3-10,15-21,25-26,36H,2,11-14,22-23H2,1H3,(H2,35,37,38,39)/t25-,26-. The number of rotatable bonds is 10. The summed E-state index contributed by atoms with van der Waals surface area (Å²) >= 11 is 0. The predicted molar refractivity (Wildman–Crippen MR) is 172 cm³/mol. The minimum atomic E-state index is -3.54. The minimum Gasteiger partial charge on any atom is -0.354 e. The van der Waals surface area contributed by atoms with Gasteiger partial charge in [-0.25, -0.2) is 18.1 Å². The highest BCUT2D eigenvalue weighted by atomic mass is 32.2. The van der Waals surface area contributed by atoms with Crippen LogP contribution in [0.15, 0.2) is 95.9 Å². The van der Waals surface area contributed by atoms with Gasteiger partial charge in [-0.2, -0.15) is 4.98 Å². The van der Waals surface area contributed by atoms with E-state index in [9.17, 15) is 8.42 Å². The normalized spacial score (nSPS) is 17.4. The number of sulfonamides is 1. The first-order valence-corrected chi connectivity index (χ1v) is 16.3. The molecule has 0 aliphatic heterocycles. The lowest BCUT2D eigenvalue weighted by molar-refractivity contribution is 0.284. The summed E-state index contributed by atoms with van der Waals surface area (Å²) in [6.45, 7) is 3.41. The van der Waals surface area contributed by atoms with Crippen molar-refractivity contribution < 1.29 is 8.42 Å². The van der Waals surface area contributed by atoms with Crippen molar-refractivity contribution in [3.63, 3.8) is 0 Å². The molecule has 0 saturated heterocycles. The Morgan fingerprint density at radius 3 is 2.21 bits per heavy atom. The zero-order valence-corrected chi connectivity index (χ0v) is 24.7. The second kappa shape index (κ2) is 12.5.